The van der Waals surface area contributed by atoms with Crippen LogP contribution in [0.25, 0.3) is 0 Å². The van der Waals surface area contributed by atoms with E-state index in [1.54, 1.807) is 6.20 Å². The van der Waals surface area contributed by atoms with Gasteiger partial charge in [0.15, 0.2) is 0 Å². The molecule has 1 atom stereocenters. The molecule has 0 spiro atoms. The highest BCUT2D eigenvalue weighted by Gasteiger charge is 2.33. The lowest BCUT2D eigenvalue weighted by molar-refractivity contribution is -0.119. The van der Waals surface area contributed by atoms with Crippen molar-refractivity contribution in [3.05, 3.63) is 35.3 Å². The van der Waals surface area contributed by atoms with Crippen LogP contribution in [0.5, 0.6) is 0 Å². The average Bonchev–Trinajstić information content (AvgIpc) is 3.43. The Kier molecular flexibility index (Phi) is 5.54. The van der Waals surface area contributed by atoms with Gasteiger partial charge in [0.2, 0.25) is 5.91 Å². The SMILES string of the molecule is Cc1nc(C2CCN(Cc3ncc[nH]3)C2)nc2c1CCC(=O)N2CC1CCCCC1. The average molecular weight is 409 g/mol. The van der Waals surface area contributed by atoms with Gasteiger partial charge in [-0.25, -0.2) is 15.0 Å². The van der Waals surface area contributed by atoms with Gasteiger partial charge in [0.1, 0.15) is 17.5 Å². The first-order valence-corrected chi connectivity index (χ1v) is 11.6. The highest BCUT2D eigenvalue weighted by atomic mass is 16.2. The summed E-state index contributed by atoms with van der Waals surface area (Å²) in [7, 11) is 0. The number of anilines is 1. The minimum atomic E-state index is 0.239. The Morgan fingerprint density at radius 3 is 2.80 bits per heavy atom. The van der Waals surface area contributed by atoms with Gasteiger partial charge in [-0.2, -0.15) is 0 Å². The second-order valence-corrected chi connectivity index (χ2v) is 9.23. The van der Waals surface area contributed by atoms with E-state index in [2.05, 4.69) is 21.8 Å². The van der Waals surface area contributed by atoms with Gasteiger partial charge in [-0.1, -0.05) is 19.3 Å². The van der Waals surface area contributed by atoms with Gasteiger partial charge in [-0.15, -0.1) is 0 Å². The summed E-state index contributed by atoms with van der Waals surface area (Å²) in [6.45, 7) is 5.72. The zero-order valence-corrected chi connectivity index (χ0v) is 17.9. The molecule has 2 aliphatic heterocycles. The Bertz CT molecular complexity index is 889. The van der Waals surface area contributed by atoms with Crippen molar-refractivity contribution in [2.75, 3.05) is 24.5 Å². The van der Waals surface area contributed by atoms with Crippen LogP contribution in [-0.4, -0.2) is 50.4 Å². The predicted molar refractivity (Wildman–Crippen MR) is 115 cm³/mol. The highest BCUT2D eigenvalue weighted by Crippen LogP contribution is 2.34. The molecule has 1 amide bonds. The number of hydrogen-bond acceptors (Lipinski definition) is 5. The number of aromatic nitrogens is 4. The summed E-state index contributed by atoms with van der Waals surface area (Å²) < 4.78 is 0. The number of aryl methyl sites for hydroxylation is 1. The number of rotatable bonds is 5. The number of amides is 1. The Morgan fingerprint density at radius 2 is 2.00 bits per heavy atom. The molecule has 4 heterocycles. The van der Waals surface area contributed by atoms with Crippen LogP contribution in [0.1, 0.15) is 73.8 Å². The first kappa shape index (κ1) is 19.7. The van der Waals surface area contributed by atoms with Gasteiger partial charge in [-0.3, -0.25) is 14.6 Å². The maximum atomic E-state index is 12.9. The first-order valence-electron chi connectivity index (χ1n) is 11.6. The van der Waals surface area contributed by atoms with Crippen LogP contribution >= 0.6 is 0 Å². The van der Waals surface area contributed by atoms with Gasteiger partial charge in [0.25, 0.3) is 0 Å². The second kappa shape index (κ2) is 8.46. The van der Waals surface area contributed by atoms with Crippen molar-refractivity contribution < 1.29 is 4.79 Å². The molecular formula is C23H32N6O. The van der Waals surface area contributed by atoms with E-state index in [-0.39, 0.29) is 5.91 Å². The Hall–Kier alpha value is -2.28. The van der Waals surface area contributed by atoms with E-state index >= 15 is 0 Å². The summed E-state index contributed by atoms with van der Waals surface area (Å²) in [5, 5.41) is 0. The van der Waals surface area contributed by atoms with E-state index in [1.165, 1.54) is 37.7 Å². The molecule has 2 fully saturated rings. The lowest BCUT2D eigenvalue weighted by Crippen LogP contribution is -2.40. The van der Waals surface area contributed by atoms with Crippen molar-refractivity contribution in [3.63, 3.8) is 0 Å². The third kappa shape index (κ3) is 4.00. The molecule has 0 bridgehead atoms. The van der Waals surface area contributed by atoms with Crippen molar-refractivity contribution in [2.24, 2.45) is 5.92 Å². The maximum absolute atomic E-state index is 12.9. The molecule has 1 N–H and O–H groups in total. The maximum Gasteiger partial charge on any atom is 0.228 e. The summed E-state index contributed by atoms with van der Waals surface area (Å²) >= 11 is 0. The molecule has 30 heavy (non-hydrogen) atoms. The fraction of sp³-hybridized carbons (Fsp3) is 0.652. The molecule has 1 aliphatic carbocycles. The van der Waals surface area contributed by atoms with Crippen LogP contribution in [0.15, 0.2) is 12.4 Å². The number of carbonyl (C=O) groups is 1. The Labute approximate surface area is 178 Å². The molecular weight excluding hydrogens is 376 g/mol. The smallest absolute Gasteiger partial charge is 0.228 e. The molecule has 0 aromatic carbocycles. The second-order valence-electron chi connectivity index (χ2n) is 9.23. The number of nitrogens with zero attached hydrogens (tertiary/aromatic N) is 5. The summed E-state index contributed by atoms with van der Waals surface area (Å²) in [5.74, 6) is 3.99. The summed E-state index contributed by atoms with van der Waals surface area (Å²) in [6, 6.07) is 0. The van der Waals surface area contributed by atoms with Crippen LogP contribution in [0, 0.1) is 12.8 Å². The Morgan fingerprint density at radius 1 is 1.13 bits per heavy atom. The van der Waals surface area contributed by atoms with E-state index in [1.807, 2.05) is 11.1 Å². The van der Waals surface area contributed by atoms with Gasteiger partial charge in [0.05, 0.1) is 6.54 Å². The molecule has 0 radical (unpaired) electrons. The molecule has 7 nitrogen and oxygen atoms in total. The third-order valence-electron chi connectivity index (χ3n) is 7.09. The first-order chi connectivity index (χ1) is 14.7. The van der Waals surface area contributed by atoms with Crippen molar-refractivity contribution in [1.82, 2.24) is 24.8 Å². The normalized spacial score (nSPS) is 23.2. The van der Waals surface area contributed by atoms with Crippen LogP contribution < -0.4 is 4.90 Å². The Balaban J connectivity index is 1.36. The molecule has 3 aliphatic rings. The van der Waals surface area contributed by atoms with E-state index in [0.29, 0.717) is 18.3 Å². The number of hydrogen-bond donors (Lipinski definition) is 1. The molecule has 2 aromatic rings. The lowest BCUT2D eigenvalue weighted by Gasteiger charge is -2.33. The molecule has 2 aromatic heterocycles. The standard InChI is InChI=1S/C23H32N6O/c1-16-19-7-8-21(30)29(13-17-5-3-2-4-6-17)23(19)27-22(26-16)18-9-12-28(14-18)15-20-24-10-11-25-20/h10-11,17-18H,2-9,12-15H2,1H3,(H,24,25). The lowest BCUT2D eigenvalue weighted by atomic mass is 9.88. The van der Waals surface area contributed by atoms with Crippen LogP contribution in [-0.2, 0) is 17.8 Å². The zero-order valence-electron chi connectivity index (χ0n) is 17.9. The van der Waals surface area contributed by atoms with Crippen molar-refractivity contribution in [2.45, 2.75) is 70.8 Å². The van der Waals surface area contributed by atoms with Crippen LogP contribution in [0.2, 0.25) is 0 Å². The van der Waals surface area contributed by atoms with E-state index < -0.39 is 0 Å². The van der Waals surface area contributed by atoms with Crippen molar-refractivity contribution in [1.29, 1.82) is 0 Å². The number of aromatic amines is 1. The zero-order chi connectivity index (χ0) is 20.5. The summed E-state index contributed by atoms with van der Waals surface area (Å²) in [4.78, 5) is 34.7. The van der Waals surface area contributed by atoms with Gasteiger partial charge in [-0.05, 0) is 45.1 Å². The summed E-state index contributed by atoms with van der Waals surface area (Å²) in [5.41, 5.74) is 2.24. The quantitative estimate of drug-likeness (QED) is 0.821. The number of imidazole rings is 1. The van der Waals surface area contributed by atoms with E-state index in [0.717, 1.165) is 62.2 Å². The predicted octanol–water partition coefficient (Wildman–Crippen LogP) is 3.36. The van der Waals surface area contributed by atoms with Gasteiger partial charge in [0, 0.05) is 49.1 Å². The van der Waals surface area contributed by atoms with Crippen LogP contribution in [0.3, 0.4) is 0 Å². The highest BCUT2D eigenvalue weighted by molar-refractivity contribution is 5.95. The molecule has 160 valence electrons. The van der Waals surface area contributed by atoms with Gasteiger partial charge >= 0.3 is 0 Å². The number of likely N-dealkylation sites (tertiary alicyclic amines) is 1. The minimum absolute atomic E-state index is 0.239. The van der Waals surface area contributed by atoms with Crippen LogP contribution in [0.4, 0.5) is 5.82 Å². The molecule has 5 rings (SSSR count). The molecule has 1 saturated carbocycles. The number of carbonyl (C=O) groups excluding carboxylic acids is 1. The minimum Gasteiger partial charge on any atom is -0.348 e. The monoisotopic (exact) mass is 408 g/mol. The van der Waals surface area contributed by atoms with Gasteiger partial charge < -0.3 is 4.98 Å². The molecule has 1 unspecified atom stereocenters. The number of nitrogens with one attached hydrogen (secondary N) is 1. The third-order valence-corrected chi connectivity index (χ3v) is 7.09. The van der Waals surface area contributed by atoms with Crippen molar-refractivity contribution >= 4 is 11.7 Å². The molecule has 1 saturated heterocycles. The largest absolute Gasteiger partial charge is 0.348 e. The van der Waals surface area contributed by atoms with E-state index in [4.69, 9.17) is 9.97 Å². The fourth-order valence-corrected chi connectivity index (χ4v) is 5.39. The topological polar surface area (TPSA) is 78.0 Å². The van der Waals surface area contributed by atoms with E-state index in [9.17, 15) is 4.79 Å². The fourth-order valence-electron chi connectivity index (χ4n) is 5.39. The number of H-pyrrole nitrogens is 1. The van der Waals surface area contributed by atoms with Crippen molar-refractivity contribution in [3.8, 4) is 0 Å². The number of fused-ring (bicyclic) bond motifs is 1. The molecule has 7 heteroatoms. The summed E-state index contributed by atoms with van der Waals surface area (Å²) in [6.07, 6.45) is 12.5.